The van der Waals surface area contributed by atoms with E-state index in [1.54, 1.807) is 24.3 Å². The van der Waals surface area contributed by atoms with Crippen molar-refractivity contribution in [3.05, 3.63) is 64.7 Å². The number of halogens is 1. The molecule has 0 fully saturated rings. The van der Waals surface area contributed by atoms with Crippen LogP contribution in [-0.4, -0.2) is 26.3 Å². The molecule has 0 aliphatic heterocycles. The highest BCUT2D eigenvalue weighted by Crippen LogP contribution is 2.25. The van der Waals surface area contributed by atoms with Crippen LogP contribution in [0.15, 0.2) is 53.7 Å². The Balaban J connectivity index is 1.77. The molecule has 6 heteroatoms. The van der Waals surface area contributed by atoms with Gasteiger partial charge in [-0.25, -0.2) is 0 Å². The molecule has 0 saturated carbocycles. The first-order chi connectivity index (χ1) is 12.1. The Bertz CT molecular complexity index is 890. The van der Waals surface area contributed by atoms with Crippen LogP contribution in [0.2, 0.25) is 5.02 Å². The van der Waals surface area contributed by atoms with Crippen LogP contribution in [0.25, 0.3) is 11.4 Å². The Kier molecular flexibility index (Phi) is 5.56. The highest BCUT2D eigenvalue weighted by molar-refractivity contribution is 7.99. The van der Waals surface area contributed by atoms with Gasteiger partial charge in [0.25, 0.3) is 0 Å². The van der Waals surface area contributed by atoms with E-state index in [0.29, 0.717) is 16.3 Å². The number of carbonyl (C=O) groups excluding carboxylic acids is 1. The van der Waals surface area contributed by atoms with E-state index >= 15 is 0 Å². The van der Waals surface area contributed by atoms with E-state index in [2.05, 4.69) is 29.3 Å². The highest BCUT2D eigenvalue weighted by Gasteiger charge is 2.15. The Morgan fingerprint density at radius 2 is 1.92 bits per heavy atom. The largest absolute Gasteiger partial charge is 0.302 e. The summed E-state index contributed by atoms with van der Waals surface area (Å²) in [6.07, 6.45) is 0. The molecule has 128 valence electrons. The fourth-order valence-corrected chi connectivity index (χ4v) is 3.55. The lowest BCUT2D eigenvalue weighted by Crippen LogP contribution is -2.05. The second-order valence-corrected chi connectivity index (χ2v) is 7.02. The van der Waals surface area contributed by atoms with Crippen LogP contribution in [0.5, 0.6) is 0 Å². The topological polar surface area (TPSA) is 47.8 Å². The first kappa shape index (κ1) is 17.7. The number of benzene rings is 2. The van der Waals surface area contributed by atoms with E-state index in [0.717, 1.165) is 23.1 Å². The van der Waals surface area contributed by atoms with Gasteiger partial charge in [-0.15, -0.1) is 10.2 Å². The number of hydrogen-bond donors (Lipinski definition) is 0. The molecule has 3 rings (SSSR count). The molecular weight excluding hydrogens is 354 g/mol. The van der Waals surface area contributed by atoms with Crippen LogP contribution >= 0.6 is 23.4 Å². The molecule has 25 heavy (non-hydrogen) atoms. The Labute approximate surface area is 156 Å². The summed E-state index contributed by atoms with van der Waals surface area (Å²) in [6, 6.07) is 15.1. The number of carbonyl (C=O) groups is 1. The van der Waals surface area contributed by atoms with Crippen LogP contribution < -0.4 is 0 Å². The molecule has 0 aliphatic rings. The molecule has 0 amide bonds. The lowest BCUT2D eigenvalue weighted by atomic mass is 10.1. The molecule has 0 aliphatic carbocycles. The van der Waals surface area contributed by atoms with Gasteiger partial charge in [-0.2, -0.15) is 0 Å². The molecule has 3 aromatic rings. The Morgan fingerprint density at radius 3 is 2.60 bits per heavy atom. The van der Waals surface area contributed by atoms with Gasteiger partial charge in [0.1, 0.15) is 0 Å². The summed E-state index contributed by atoms with van der Waals surface area (Å²) in [5.41, 5.74) is 2.86. The van der Waals surface area contributed by atoms with Gasteiger partial charge in [-0.3, -0.25) is 4.79 Å². The third kappa shape index (κ3) is 4.11. The quantitative estimate of drug-likeness (QED) is 0.456. The average Bonchev–Trinajstić information content (AvgIpc) is 3.03. The van der Waals surface area contributed by atoms with Gasteiger partial charge in [0.2, 0.25) is 0 Å². The number of Topliss-reactive ketones (excluding diaryl/α,β-unsaturated/α-hetero) is 1. The van der Waals surface area contributed by atoms with E-state index < -0.39 is 0 Å². The minimum Gasteiger partial charge on any atom is -0.302 e. The number of ketones is 1. The van der Waals surface area contributed by atoms with Gasteiger partial charge in [-0.1, -0.05) is 47.1 Å². The zero-order valence-corrected chi connectivity index (χ0v) is 15.6. The summed E-state index contributed by atoms with van der Waals surface area (Å²) in [4.78, 5) is 12.3. The maximum atomic E-state index is 12.3. The van der Waals surface area contributed by atoms with Gasteiger partial charge >= 0.3 is 0 Å². The third-order valence-electron chi connectivity index (χ3n) is 3.81. The van der Waals surface area contributed by atoms with Gasteiger partial charge in [0.15, 0.2) is 16.8 Å². The van der Waals surface area contributed by atoms with Crippen LogP contribution in [0.4, 0.5) is 0 Å². The van der Waals surface area contributed by atoms with Gasteiger partial charge < -0.3 is 4.57 Å². The molecule has 0 bridgehead atoms. The van der Waals surface area contributed by atoms with Crippen LogP contribution in [0, 0.1) is 6.92 Å². The summed E-state index contributed by atoms with van der Waals surface area (Å²) in [6.45, 7) is 4.85. The molecule has 1 heterocycles. The van der Waals surface area contributed by atoms with Gasteiger partial charge in [-0.05, 0) is 44.2 Å². The molecule has 4 nitrogen and oxygen atoms in total. The fraction of sp³-hybridized carbons (Fsp3) is 0.211. The first-order valence-electron chi connectivity index (χ1n) is 8.00. The van der Waals surface area contributed by atoms with Crippen molar-refractivity contribution in [2.75, 3.05) is 5.75 Å². The molecular formula is C19H18ClN3OS. The lowest BCUT2D eigenvalue weighted by molar-refractivity contribution is 0.102. The van der Waals surface area contributed by atoms with Crippen molar-refractivity contribution < 1.29 is 4.79 Å². The van der Waals surface area contributed by atoms with Crippen molar-refractivity contribution in [1.82, 2.24) is 14.8 Å². The van der Waals surface area contributed by atoms with Crippen molar-refractivity contribution in [2.45, 2.75) is 25.5 Å². The van der Waals surface area contributed by atoms with Crippen molar-refractivity contribution in [1.29, 1.82) is 0 Å². The number of hydrogen-bond acceptors (Lipinski definition) is 4. The summed E-state index contributed by atoms with van der Waals surface area (Å²) in [5, 5.41) is 9.97. The monoisotopic (exact) mass is 371 g/mol. The van der Waals surface area contributed by atoms with E-state index in [9.17, 15) is 4.79 Å². The summed E-state index contributed by atoms with van der Waals surface area (Å²) in [7, 11) is 0. The SMILES string of the molecule is CCn1c(SCC(=O)c2ccc(Cl)cc2)nnc1-c1cccc(C)c1. The summed E-state index contributed by atoms with van der Waals surface area (Å²) < 4.78 is 2.04. The van der Waals surface area contributed by atoms with E-state index in [1.165, 1.54) is 17.3 Å². The fourth-order valence-electron chi connectivity index (χ4n) is 2.53. The first-order valence-corrected chi connectivity index (χ1v) is 9.36. The highest BCUT2D eigenvalue weighted by atomic mass is 35.5. The second-order valence-electron chi connectivity index (χ2n) is 5.64. The van der Waals surface area contributed by atoms with Crippen molar-refractivity contribution in [2.24, 2.45) is 0 Å². The minimum atomic E-state index is 0.0458. The number of aromatic nitrogens is 3. The standard InChI is InChI=1S/C19H18ClN3OS/c1-3-23-18(15-6-4-5-13(2)11-15)21-22-19(23)25-12-17(24)14-7-9-16(20)10-8-14/h4-11H,3,12H2,1-2H3. The molecule has 0 unspecified atom stereocenters. The molecule has 0 radical (unpaired) electrons. The maximum absolute atomic E-state index is 12.3. The minimum absolute atomic E-state index is 0.0458. The van der Waals surface area contributed by atoms with E-state index in [4.69, 9.17) is 11.6 Å². The van der Waals surface area contributed by atoms with Crippen LogP contribution in [0.3, 0.4) is 0 Å². The average molecular weight is 372 g/mol. The Morgan fingerprint density at radius 1 is 1.16 bits per heavy atom. The maximum Gasteiger partial charge on any atom is 0.191 e. The number of nitrogens with zero attached hydrogens (tertiary/aromatic N) is 3. The molecule has 0 spiro atoms. The number of thioether (sulfide) groups is 1. The smallest absolute Gasteiger partial charge is 0.191 e. The van der Waals surface area contributed by atoms with Gasteiger partial charge in [0, 0.05) is 22.7 Å². The molecule has 0 atom stereocenters. The zero-order valence-electron chi connectivity index (χ0n) is 14.1. The van der Waals surface area contributed by atoms with Crippen molar-refractivity contribution in [3.8, 4) is 11.4 Å². The second kappa shape index (κ2) is 7.85. The number of aryl methyl sites for hydroxylation is 1. The summed E-state index contributed by atoms with van der Waals surface area (Å²) >= 11 is 7.27. The zero-order chi connectivity index (χ0) is 17.8. The lowest BCUT2D eigenvalue weighted by Gasteiger charge is -2.07. The predicted molar refractivity (Wildman–Crippen MR) is 102 cm³/mol. The van der Waals surface area contributed by atoms with E-state index in [1.807, 2.05) is 23.6 Å². The molecule has 1 aromatic heterocycles. The molecule has 0 N–H and O–H groups in total. The summed E-state index contributed by atoms with van der Waals surface area (Å²) in [5.74, 6) is 1.19. The Hall–Kier alpha value is -2.11. The van der Waals surface area contributed by atoms with Crippen LogP contribution in [0.1, 0.15) is 22.8 Å². The van der Waals surface area contributed by atoms with Crippen molar-refractivity contribution in [3.63, 3.8) is 0 Å². The molecule has 2 aromatic carbocycles. The van der Waals surface area contributed by atoms with Crippen molar-refractivity contribution >= 4 is 29.1 Å². The number of rotatable bonds is 6. The third-order valence-corrected chi connectivity index (χ3v) is 5.03. The van der Waals surface area contributed by atoms with Crippen LogP contribution in [-0.2, 0) is 6.54 Å². The molecule has 0 saturated heterocycles. The predicted octanol–water partition coefficient (Wildman–Crippen LogP) is 4.90. The van der Waals surface area contributed by atoms with Gasteiger partial charge in [0.05, 0.1) is 5.75 Å². The van der Waals surface area contributed by atoms with E-state index in [-0.39, 0.29) is 5.78 Å². The normalized spacial score (nSPS) is 10.8.